The Labute approximate surface area is 106 Å². The van der Waals surface area contributed by atoms with Crippen molar-refractivity contribution in [1.82, 2.24) is 5.32 Å². The fourth-order valence-corrected chi connectivity index (χ4v) is 1.96. The second-order valence-corrected chi connectivity index (χ2v) is 5.01. The summed E-state index contributed by atoms with van der Waals surface area (Å²) in [4.78, 5) is 0. The van der Waals surface area contributed by atoms with Crippen molar-refractivity contribution in [2.24, 2.45) is 0 Å². The van der Waals surface area contributed by atoms with Crippen LogP contribution in [0.15, 0.2) is 22.7 Å². The molecule has 1 N–H and O–H groups in total. The third-order valence-electron chi connectivity index (χ3n) is 2.64. The highest BCUT2D eigenvalue weighted by atomic mass is 79.9. The zero-order valence-electron chi connectivity index (χ0n) is 9.89. The summed E-state index contributed by atoms with van der Waals surface area (Å²) in [6.45, 7) is 5.07. The molecule has 0 heterocycles. The number of hydrogen-bond acceptors (Lipinski definition) is 1. The van der Waals surface area contributed by atoms with Gasteiger partial charge in [0.15, 0.2) is 0 Å². The van der Waals surface area contributed by atoms with Crippen LogP contribution < -0.4 is 5.32 Å². The van der Waals surface area contributed by atoms with E-state index in [1.807, 2.05) is 0 Å². The Bertz CT molecular complexity index is 328. The fraction of sp³-hybridized carbons (Fsp3) is 0.538. The van der Waals surface area contributed by atoms with E-state index in [0.717, 1.165) is 10.0 Å². The predicted octanol–water partition coefficient (Wildman–Crippen LogP) is 4.26. The number of hydrogen-bond donors (Lipinski definition) is 1. The molecule has 1 unspecified atom stereocenters. The van der Waals surface area contributed by atoms with Crippen molar-refractivity contribution < 1.29 is 4.39 Å². The molecule has 0 aliphatic rings. The molecule has 0 aliphatic heterocycles. The van der Waals surface area contributed by atoms with Crippen molar-refractivity contribution in [3.8, 4) is 0 Å². The highest BCUT2D eigenvalue weighted by molar-refractivity contribution is 9.10. The van der Waals surface area contributed by atoms with Gasteiger partial charge < -0.3 is 5.32 Å². The highest BCUT2D eigenvalue weighted by Gasteiger charge is 2.04. The van der Waals surface area contributed by atoms with Crippen molar-refractivity contribution in [2.45, 2.75) is 45.7 Å². The van der Waals surface area contributed by atoms with E-state index in [-0.39, 0.29) is 5.82 Å². The first kappa shape index (κ1) is 13.7. The normalized spacial score (nSPS) is 12.8. The van der Waals surface area contributed by atoms with Crippen LogP contribution in [0.4, 0.5) is 4.39 Å². The van der Waals surface area contributed by atoms with Gasteiger partial charge in [0.05, 0.1) is 0 Å². The van der Waals surface area contributed by atoms with Crippen LogP contribution in [-0.4, -0.2) is 6.04 Å². The average Bonchev–Trinajstić information content (AvgIpc) is 2.27. The van der Waals surface area contributed by atoms with Crippen LogP contribution in [0.25, 0.3) is 0 Å². The summed E-state index contributed by atoms with van der Waals surface area (Å²) in [7, 11) is 0. The molecule has 1 nitrogen and oxygen atoms in total. The minimum Gasteiger partial charge on any atom is -0.310 e. The topological polar surface area (TPSA) is 12.0 Å². The third-order valence-corrected chi connectivity index (χ3v) is 3.41. The van der Waals surface area contributed by atoms with Crippen LogP contribution in [-0.2, 0) is 6.54 Å². The van der Waals surface area contributed by atoms with Gasteiger partial charge in [0.25, 0.3) is 0 Å². The maximum Gasteiger partial charge on any atom is 0.123 e. The molecule has 3 heteroatoms. The largest absolute Gasteiger partial charge is 0.310 e. The van der Waals surface area contributed by atoms with E-state index < -0.39 is 0 Å². The smallest absolute Gasteiger partial charge is 0.123 e. The Hall–Kier alpha value is -0.410. The zero-order valence-corrected chi connectivity index (χ0v) is 11.5. The van der Waals surface area contributed by atoms with Gasteiger partial charge in [-0.1, -0.05) is 35.7 Å². The maximum absolute atomic E-state index is 13.0. The summed E-state index contributed by atoms with van der Waals surface area (Å²) in [6, 6.07) is 5.27. The van der Waals surface area contributed by atoms with Crippen molar-refractivity contribution in [3.05, 3.63) is 34.1 Å². The first-order valence-electron chi connectivity index (χ1n) is 5.80. The standard InChI is InChI=1S/C13H19BrFN/c1-3-4-5-10(2)16-9-11-8-12(15)6-7-13(11)14/h6-8,10,16H,3-5,9H2,1-2H3. The molecule has 90 valence electrons. The molecule has 0 aromatic heterocycles. The minimum atomic E-state index is -0.179. The second kappa shape index (κ2) is 7.02. The molecule has 16 heavy (non-hydrogen) atoms. The monoisotopic (exact) mass is 287 g/mol. The summed E-state index contributed by atoms with van der Waals surface area (Å²) in [5.74, 6) is -0.179. The van der Waals surface area contributed by atoms with E-state index in [2.05, 4.69) is 35.1 Å². The second-order valence-electron chi connectivity index (χ2n) is 4.16. The first-order valence-corrected chi connectivity index (χ1v) is 6.60. The minimum absolute atomic E-state index is 0.179. The number of rotatable bonds is 6. The van der Waals surface area contributed by atoms with E-state index >= 15 is 0 Å². The molecule has 0 amide bonds. The predicted molar refractivity (Wildman–Crippen MR) is 69.9 cm³/mol. The molecule has 1 atom stereocenters. The molecule has 0 spiro atoms. The Kier molecular flexibility index (Phi) is 5.99. The Balaban J connectivity index is 2.44. The van der Waals surface area contributed by atoms with Crippen molar-refractivity contribution in [3.63, 3.8) is 0 Å². The van der Waals surface area contributed by atoms with Crippen molar-refractivity contribution >= 4 is 15.9 Å². The molecule has 0 saturated heterocycles. The van der Waals surface area contributed by atoms with E-state index in [0.29, 0.717) is 12.6 Å². The summed E-state index contributed by atoms with van der Waals surface area (Å²) >= 11 is 3.43. The fourth-order valence-electron chi connectivity index (χ4n) is 1.58. The van der Waals surface area contributed by atoms with Crippen LogP contribution in [0.5, 0.6) is 0 Å². The van der Waals surface area contributed by atoms with Crippen molar-refractivity contribution in [2.75, 3.05) is 0 Å². The Morgan fingerprint density at radius 3 is 2.88 bits per heavy atom. The molecular formula is C13H19BrFN. The van der Waals surface area contributed by atoms with Gasteiger partial charge in [-0.15, -0.1) is 0 Å². The molecule has 0 fully saturated rings. The van der Waals surface area contributed by atoms with E-state index in [1.165, 1.54) is 25.3 Å². The van der Waals surface area contributed by atoms with Gasteiger partial charge in [-0.3, -0.25) is 0 Å². The van der Waals surface area contributed by atoms with Crippen LogP contribution in [0.1, 0.15) is 38.7 Å². The van der Waals surface area contributed by atoms with Gasteiger partial charge in [-0.05, 0) is 37.1 Å². The molecule has 1 aromatic rings. The Morgan fingerprint density at radius 2 is 2.19 bits per heavy atom. The first-order chi connectivity index (χ1) is 7.63. The van der Waals surface area contributed by atoms with Crippen LogP contribution >= 0.6 is 15.9 Å². The Morgan fingerprint density at radius 1 is 1.44 bits per heavy atom. The SMILES string of the molecule is CCCCC(C)NCc1cc(F)ccc1Br. The number of benzene rings is 1. The molecule has 0 saturated carbocycles. The molecule has 0 aliphatic carbocycles. The van der Waals surface area contributed by atoms with Gasteiger partial charge in [0.1, 0.15) is 5.82 Å². The average molecular weight is 288 g/mol. The summed E-state index contributed by atoms with van der Waals surface area (Å²) in [5, 5.41) is 3.41. The number of nitrogens with one attached hydrogen (secondary N) is 1. The lowest BCUT2D eigenvalue weighted by Crippen LogP contribution is -2.25. The summed E-state index contributed by atoms with van der Waals surface area (Å²) in [5.41, 5.74) is 0.975. The summed E-state index contributed by atoms with van der Waals surface area (Å²) < 4.78 is 14.0. The molecule has 1 rings (SSSR count). The lowest BCUT2D eigenvalue weighted by atomic mass is 10.1. The lowest BCUT2D eigenvalue weighted by Gasteiger charge is -2.14. The molecule has 0 bridgehead atoms. The van der Waals surface area contributed by atoms with E-state index in [9.17, 15) is 4.39 Å². The summed E-state index contributed by atoms with van der Waals surface area (Å²) in [6.07, 6.45) is 3.62. The maximum atomic E-state index is 13.0. The number of unbranched alkanes of at least 4 members (excludes halogenated alkanes) is 1. The third kappa shape index (κ3) is 4.62. The van der Waals surface area contributed by atoms with Crippen LogP contribution in [0, 0.1) is 5.82 Å². The quantitative estimate of drug-likeness (QED) is 0.825. The van der Waals surface area contributed by atoms with E-state index in [4.69, 9.17) is 0 Å². The van der Waals surface area contributed by atoms with Gasteiger partial charge in [-0.25, -0.2) is 4.39 Å². The number of halogens is 2. The van der Waals surface area contributed by atoms with E-state index in [1.54, 1.807) is 12.1 Å². The highest BCUT2D eigenvalue weighted by Crippen LogP contribution is 2.17. The van der Waals surface area contributed by atoms with Crippen molar-refractivity contribution in [1.29, 1.82) is 0 Å². The van der Waals surface area contributed by atoms with Gasteiger partial charge in [0.2, 0.25) is 0 Å². The molecule has 1 aromatic carbocycles. The van der Waals surface area contributed by atoms with Crippen LogP contribution in [0.3, 0.4) is 0 Å². The van der Waals surface area contributed by atoms with Gasteiger partial charge in [0, 0.05) is 17.1 Å². The van der Waals surface area contributed by atoms with Crippen LogP contribution in [0.2, 0.25) is 0 Å². The van der Waals surface area contributed by atoms with Gasteiger partial charge in [-0.2, -0.15) is 0 Å². The zero-order chi connectivity index (χ0) is 12.0. The lowest BCUT2D eigenvalue weighted by molar-refractivity contribution is 0.493. The van der Waals surface area contributed by atoms with Gasteiger partial charge >= 0.3 is 0 Å². The molecule has 0 radical (unpaired) electrons. The molecular weight excluding hydrogens is 269 g/mol.